The summed E-state index contributed by atoms with van der Waals surface area (Å²) in [7, 11) is 0. The first-order valence-electron chi connectivity index (χ1n) is 5.75. The third-order valence-electron chi connectivity index (χ3n) is 3.36. The highest BCUT2D eigenvalue weighted by Gasteiger charge is 2.31. The third-order valence-corrected chi connectivity index (χ3v) is 3.36. The van der Waals surface area contributed by atoms with Gasteiger partial charge in [-0.15, -0.1) is 0 Å². The number of likely N-dealkylation sites (tertiary alicyclic amines) is 1. The lowest BCUT2D eigenvalue weighted by Crippen LogP contribution is -2.49. The van der Waals surface area contributed by atoms with Crippen LogP contribution in [0.5, 0.6) is 0 Å². The molecule has 1 atom stereocenters. The van der Waals surface area contributed by atoms with E-state index in [0.717, 1.165) is 19.0 Å². The second-order valence-corrected chi connectivity index (χ2v) is 4.34. The number of hydrogen-bond donors (Lipinski definition) is 1. The van der Waals surface area contributed by atoms with E-state index in [2.05, 4.69) is 24.0 Å². The van der Waals surface area contributed by atoms with Crippen molar-refractivity contribution in [3.8, 4) is 0 Å². The van der Waals surface area contributed by atoms with Gasteiger partial charge < -0.3 is 5.11 Å². The van der Waals surface area contributed by atoms with E-state index in [0.29, 0.717) is 0 Å². The number of aliphatic hydroxyl groups excluding tert-OH is 1. The van der Waals surface area contributed by atoms with Crippen LogP contribution >= 0.6 is 0 Å². The molecule has 0 aliphatic carbocycles. The predicted molar refractivity (Wildman–Crippen MR) is 61.6 cm³/mol. The first-order valence-corrected chi connectivity index (χ1v) is 5.75. The zero-order valence-corrected chi connectivity index (χ0v) is 9.26. The summed E-state index contributed by atoms with van der Waals surface area (Å²) in [5, 5.41) is 9.43. The zero-order chi connectivity index (χ0) is 10.7. The molecule has 0 aromatic heterocycles. The van der Waals surface area contributed by atoms with Crippen molar-refractivity contribution in [2.24, 2.45) is 5.92 Å². The number of hydrogen-bond acceptors (Lipinski definition) is 2. The standard InChI is InChI=1S/C13H19NO/c1-2-11-8-14(9-11)13(10-15)12-6-4-3-5-7-12/h3-7,11,13,15H,2,8-10H2,1H3/t13-/m0/s1. The predicted octanol–water partition coefficient (Wildman–Crippen LogP) is 2.06. The van der Waals surface area contributed by atoms with Crippen LogP contribution in [0, 0.1) is 5.92 Å². The van der Waals surface area contributed by atoms with E-state index in [1.807, 2.05) is 18.2 Å². The first-order chi connectivity index (χ1) is 7.35. The fourth-order valence-electron chi connectivity index (χ4n) is 2.23. The zero-order valence-electron chi connectivity index (χ0n) is 9.26. The van der Waals surface area contributed by atoms with E-state index in [1.165, 1.54) is 12.0 Å². The summed E-state index contributed by atoms with van der Waals surface area (Å²) in [5.74, 6) is 0.836. The molecule has 15 heavy (non-hydrogen) atoms. The average molecular weight is 205 g/mol. The SMILES string of the molecule is CCC1CN([C@@H](CO)c2ccccc2)C1. The van der Waals surface area contributed by atoms with Crippen molar-refractivity contribution in [3.05, 3.63) is 35.9 Å². The van der Waals surface area contributed by atoms with E-state index in [4.69, 9.17) is 0 Å². The lowest BCUT2D eigenvalue weighted by molar-refractivity contribution is 0.0217. The molecule has 0 saturated carbocycles. The number of aliphatic hydroxyl groups is 1. The fourth-order valence-corrected chi connectivity index (χ4v) is 2.23. The average Bonchev–Trinajstić information content (AvgIpc) is 2.24. The highest BCUT2D eigenvalue weighted by atomic mass is 16.3. The van der Waals surface area contributed by atoms with E-state index in [-0.39, 0.29) is 12.6 Å². The molecule has 2 rings (SSSR count). The van der Waals surface area contributed by atoms with Crippen LogP contribution in [0.25, 0.3) is 0 Å². The Hall–Kier alpha value is -0.860. The van der Waals surface area contributed by atoms with Gasteiger partial charge in [0.25, 0.3) is 0 Å². The maximum Gasteiger partial charge on any atom is 0.0628 e. The van der Waals surface area contributed by atoms with Crippen molar-refractivity contribution < 1.29 is 5.11 Å². The van der Waals surface area contributed by atoms with Crippen molar-refractivity contribution in [1.29, 1.82) is 0 Å². The quantitative estimate of drug-likeness (QED) is 0.813. The lowest BCUT2D eigenvalue weighted by atomic mass is 9.93. The van der Waals surface area contributed by atoms with Crippen molar-refractivity contribution in [3.63, 3.8) is 0 Å². The van der Waals surface area contributed by atoms with Crippen LogP contribution in [0.2, 0.25) is 0 Å². The van der Waals surface area contributed by atoms with Crippen LogP contribution in [-0.4, -0.2) is 29.7 Å². The molecule has 82 valence electrons. The van der Waals surface area contributed by atoms with Gasteiger partial charge in [0.05, 0.1) is 12.6 Å². The molecule has 1 heterocycles. The van der Waals surface area contributed by atoms with Gasteiger partial charge in [0.1, 0.15) is 0 Å². The van der Waals surface area contributed by atoms with Crippen molar-refractivity contribution in [2.45, 2.75) is 19.4 Å². The van der Waals surface area contributed by atoms with Gasteiger partial charge in [-0.05, 0) is 11.5 Å². The van der Waals surface area contributed by atoms with E-state index >= 15 is 0 Å². The highest BCUT2D eigenvalue weighted by molar-refractivity contribution is 5.19. The van der Waals surface area contributed by atoms with Gasteiger partial charge in [-0.3, -0.25) is 4.90 Å². The Morgan fingerprint density at radius 2 is 2.00 bits per heavy atom. The van der Waals surface area contributed by atoms with Crippen molar-refractivity contribution in [2.75, 3.05) is 19.7 Å². The van der Waals surface area contributed by atoms with Gasteiger partial charge >= 0.3 is 0 Å². The van der Waals surface area contributed by atoms with Gasteiger partial charge in [-0.1, -0.05) is 43.7 Å². The first kappa shape index (κ1) is 10.7. The molecule has 0 bridgehead atoms. The van der Waals surface area contributed by atoms with Crippen LogP contribution < -0.4 is 0 Å². The van der Waals surface area contributed by atoms with Crippen LogP contribution in [0.4, 0.5) is 0 Å². The molecule has 2 heteroatoms. The maximum absolute atomic E-state index is 9.43. The Morgan fingerprint density at radius 3 is 2.53 bits per heavy atom. The molecule has 1 aliphatic rings. The second kappa shape index (κ2) is 4.77. The van der Waals surface area contributed by atoms with Crippen LogP contribution in [0.3, 0.4) is 0 Å². The summed E-state index contributed by atoms with van der Waals surface area (Å²) >= 11 is 0. The molecule has 2 nitrogen and oxygen atoms in total. The van der Waals surface area contributed by atoms with Crippen molar-refractivity contribution in [1.82, 2.24) is 4.90 Å². The molecular formula is C13H19NO. The number of benzene rings is 1. The molecule has 1 aromatic carbocycles. The monoisotopic (exact) mass is 205 g/mol. The summed E-state index contributed by atoms with van der Waals surface area (Å²) in [4.78, 5) is 2.36. The summed E-state index contributed by atoms with van der Waals surface area (Å²) in [5.41, 5.74) is 1.23. The molecule has 0 radical (unpaired) electrons. The molecule has 0 unspecified atom stereocenters. The van der Waals surface area contributed by atoms with E-state index in [9.17, 15) is 5.11 Å². The Bertz CT molecular complexity index is 293. The summed E-state index contributed by atoms with van der Waals surface area (Å²) < 4.78 is 0. The normalized spacial score (nSPS) is 19.9. The van der Waals surface area contributed by atoms with Gasteiger partial charge in [-0.25, -0.2) is 0 Å². The molecular weight excluding hydrogens is 186 g/mol. The van der Waals surface area contributed by atoms with Gasteiger partial charge in [-0.2, -0.15) is 0 Å². The Kier molecular flexibility index (Phi) is 3.39. The lowest BCUT2D eigenvalue weighted by Gasteiger charge is -2.43. The summed E-state index contributed by atoms with van der Waals surface area (Å²) in [6, 6.07) is 10.5. The third kappa shape index (κ3) is 2.21. The molecule has 1 N–H and O–H groups in total. The topological polar surface area (TPSA) is 23.5 Å². The molecule has 1 aromatic rings. The molecule has 0 spiro atoms. The van der Waals surface area contributed by atoms with Gasteiger partial charge in [0, 0.05) is 13.1 Å². The smallest absolute Gasteiger partial charge is 0.0628 e. The Balaban J connectivity index is 2.00. The number of nitrogens with zero attached hydrogens (tertiary/aromatic N) is 1. The van der Waals surface area contributed by atoms with Crippen LogP contribution in [0.15, 0.2) is 30.3 Å². The van der Waals surface area contributed by atoms with Crippen LogP contribution in [0.1, 0.15) is 24.9 Å². The van der Waals surface area contributed by atoms with Crippen molar-refractivity contribution >= 4 is 0 Å². The maximum atomic E-state index is 9.43. The molecule has 1 saturated heterocycles. The van der Waals surface area contributed by atoms with E-state index < -0.39 is 0 Å². The minimum absolute atomic E-state index is 0.203. The number of rotatable bonds is 4. The van der Waals surface area contributed by atoms with Gasteiger partial charge in [0.15, 0.2) is 0 Å². The molecule has 1 fully saturated rings. The Labute approximate surface area is 91.5 Å². The summed E-state index contributed by atoms with van der Waals surface area (Å²) in [6.07, 6.45) is 1.25. The van der Waals surface area contributed by atoms with Gasteiger partial charge in [0.2, 0.25) is 0 Å². The minimum Gasteiger partial charge on any atom is -0.394 e. The summed E-state index contributed by atoms with van der Waals surface area (Å²) in [6.45, 7) is 4.73. The van der Waals surface area contributed by atoms with E-state index in [1.54, 1.807) is 0 Å². The minimum atomic E-state index is 0.203. The molecule has 0 amide bonds. The largest absolute Gasteiger partial charge is 0.394 e. The van der Waals surface area contributed by atoms with Crippen LogP contribution in [-0.2, 0) is 0 Å². The highest BCUT2D eigenvalue weighted by Crippen LogP contribution is 2.29. The molecule has 1 aliphatic heterocycles. The fraction of sp³-hybridized carbons (Fsp3) is 0.538. The second-order valence-electron chi connectivity index (χ2n) is 4.34. The Morgan fingerprint density at radius 1 is 1.33 bits per heavy atom.